The molecule has 0 spiro atoms. The Labute approximate surface area is 96.9 Å². The van der Waals surface area contributed by atoms with E-state index in [4.69, 9.17) is 15.2 Å². The fraction of sp³-hybridized carbons (Fsp3) is 0.909. The quantitative estimate of drug-likeness (QED) is 0.652. The zero-order valence-electron chi connectivity index (χ0n) is 9.98. The number of nitrogens with two attached hydrogens (primary N) is 1. The van der Waals surface area contributed by atoms with Gasteiger partial charge in [-0.15, -0.1) is 0 Å². The molecule has 1 fully saturated rings. The predicted molar refractivity (Wildman–Crippen MR) is 61.1 cm³/mol. The van der Waals surface area contributed by atoms with Gasteiger partial charge in [-0.25, -0.2) is 0 Å². The molecule has 5 heteroatoms. The minimum absolute atomic E-state index is 0.0339. The molecular weight excluding hydrogens is 208 g/mol. The molecule has 1 unspecified atom stereocenters. The fourth-order valence-electron chi connectivity index (χ4n) is 1.75. The Balaban J connectivity index is 2.09. The minimum Gasteiger partial charge on any atom is -0.379 e. The number of hydrogen-bond acceptors (Lipinski definition) is 4. The van der Waals surface area contributed by atoms with Crippen molar-refractivity contribution in [2.24, 2.45) is 5.73 Å². The Morgan fingerprint density at radius 1 is 1.44 bits per heavy atom. The van der Waals surface area contributed by atoms with Crippen molar-refractivity contribution >= 4 is 5.91 Å². The van der Waals surface area contributed by atoms with Gasteiger partial charge >= 0.3 is 0 Å². The van der Waals surface area contributed by atoms with Gasteiger partial charge in [0.15, 0.2) is 0 Å². The Hall–Kier alpha value is -0.650. The first kappa shape index (κ1) is 13.4. The Morgan fingerprint density at radius 2 is 2.19 bits per heavy atom. The first-order valence-electron chi connectivity index (χ1n) is 5.93. The first-order chi connectivity index (χ1) is 7.74. The van der Waals surface area contributed by atoms with Gasteiger partial charge in [-0.1, -0.05) is 0 Å². The highest BCUT2D eigenvalue weighted by molar-refractivity contribution is 5.77. The van der Waals surface area contributed by atoms with E-state index in [0.29, 0.717) is 26.4 Å². The Morgan fingerprint density at radius 3 is 2.88 bits per heavy atom. The summed E-state index contributed by atoms with van der Waals surface area (Å²) in [7, 11) is 0. The molecule has 1 aliphatic rings. The van der Waals surface area contributed by atoms with Crippen molar-refractivity contribution in [2.75, 3.05) is 39.5 Å². The maximum atomic E-state index is 11.7. The number of piperidine rings is 1. The number of carbonyl (C=O) groups is 1. The average molecular weight is 230 g/mol. The van der Waals surface area contributed by atoms with Crippen LogP contribution in [-0.4, -0.2) is 56.4 Å². The average Bonchev–Trinajstić information content (AvgIpc) is 2.28. The lowest BCUT2D eigenvalue weighted by atomic mass is 10.1. The third-order valence-electron chi connectivity index (χ3n) is 2.61. The summed E-state index contributed by atoms with van der Waals surface area (Å²) in [6.45, 7) is 5.23. The molecule has 1 saturated heterocycles. The molecule has 0 saturated carbocycles. The fourth-order valence-corrected chi connectivity index (χ4v) is 1.75. The number of nitrogens with zero attached hydrogens (tertiary/aromatic N) is 1. The summed E-state index contributed by atoms with van der Waals surface area (Å²) >= 11 is 0. The maximum absolute atomic E-state index is 11.7. The zero-order chi connectivity index (χ0) is 11.8. The highest BCUT2D eigenvalue weighted by atomic mass is 16.5. The van der Waals surface area contributed by atoms with Gasteiger partial charge in [-0.05, 0) is 19.8 Å². The van der Waals surface area contributed by atoms with Crippen molar-refractivity contribution in [3.63, 3.8) is 0 Å². The van der Waals surface area contributed by atoms with E-state index in [0.717, 1.165) is 19.4 Å². The van der Waals surface area contributed by atoms with Crippen LogP contribution in [0.25, 0.3) is 0 Å². The van der Waals surface area contributed by atoms with Crippen molar-refractivity contribution in [1.29, 1.82) is 0 Å². The molecule has 94 valence electrons. The Bertz CT molecular complexity index is 211. The third kappa shape index (κ3) is 4.92. The molecule has 0 bridgehead atoms. The van der Waals surface area contributed by atoms with Crippen molar-refractivity contribution < 1.29 is 14.3 Å². The molecule has 0 aliphatic carbocycles. The smallest absolute Gasteiger partial charge is 0.248 e. The number of carbonyl (C=O) groups excluding carboxylic acids is 1. The van der Waals surface area contributed by atoms with Crippen molar-refractivity contribution in [1.82, 2.24) is 4.90 Å². The van der Waals surface area contributed by atoms with E-state index < -0.39 is 0 Å². The number of ether oxygens (including phenoxy) is 2. The summed E-state index contributed by atoms with van der Waals surface area (Å²) in [6.07, 6.45) is 2.00. The molecule has 1 heterocycles. The van der Waals surface area contributed by atoms with E-state index in [-0.39, 0.29) is 18.6 Å². The van der Waals surface area contributed by atoms with Gasteiger partial charge in [-0.3, -0.25) is 4.79 Å². The molecule has 2 N–H and O–H groups in total. The summed E-state index contributed by atoms with van der Waals surface area (Å²) in [5.74, 6) is 0.0339. The van der Waals surface area contributed by atoms with Gasteiger partial charge in [0.05, 0.1) is 13.2 Å². The van der Waals surface area contributed by atoms with Crippen LogP contribution >= 0.6 is 0 Å². The molecule has 1 atom stereocenters. The predicted octanol–water partition coefficient (Wildman–Crippen LogP) is -0.0108. The second kappa shape index (κ2) is 7.60. The van der Waals surface area contributed by atoms with Gasteiger partial charge in [-0.2, -0.15) is 0 Å². The Kier molecular flexibility index (Phi) is 6.37. The molecule has 1 amide bonds. The summed E-state index contributed by atoms with van der Waals surface area (Å²) in [5, 5.41) is 0. The van der Waals surface area contributed by atoms with E-state index in [9.17, 15) is 4.79 Å². The van der Waals surface area contributed by atoms with Gasteiger partial charge in [0, 0.05) is 25.7 Å². The van der Waals surface area contributed by atoms with Gasteiger partial charge < -0.3 is 20.1 Å². The van der Waals surface area contributed by atoms with Crippen LogP contribution in [0.4, 0.5) is 0 Å². The number of amides is 1. The second-order valence-corrected chi connectivity index (χ2v) is 3.99. The van der Waals surface area contributed by atoms with Crippen LogP contribution in [0.15, 0.2) is 0 Å². The first-order valence-corrected chi connectivity index (χ1v) is 5.93. The van der Waals surface area contributed by atoms with Crippen LogP contribution < -0.4 is 5.73 Å². The van der Waals surface area contributed by atoms with Crippen molar-refractivity contribution in [3.05, 3.63) is 0 Å². The van der Waals surface area contributed by atoms with E-state index in [1.54, 1.807) is 4.90 Å². The lowest BCUT2D eigenvalue weighted by Crippen LogP contribution is -2.47. The van der Waals surface area contributed by atoms with E-state index >= 15 is 0 Å². The number of hydrogen-bond donors (Lipinski definition) is 1. The summed E-state index contributed by atoms with van der Waals surface area (Å²) in [6, 6.07) is 0.126. The van der Waals surface area contributed by atoms with Crippen LogP contribution in [0, 0.1) is 0 Å². The molecule has 0 aromatic rings. The zero-order valence-corrected chi connectivity index (χ0v) is 9.98. The van der Waals surface area contributed by atoms with Crippen molar-refractivity contribution in [2.45, 2.75) is 25.8 Å². The van der Waals surface area contributed by atoms with Gasteiger partial charge in [0.2, 0.25) is 5.91 Å². The van der Waals surface area contributed by atoms with Gasteiger partial charge in [0.25, 0.3) is 0 Å². The van der Waals surface area contributed by atoms with E-state index in [1.165, 1.54) is 0 Å². The molecular formula is C11H22N2O3. The van der Waals surface area contributed by atoms with Crippen LogP contribution in [0.1, 0.15) is 19.8 Å². The topological polar surface area (TPSA) is 64.8 Å². The normalized spacial score (nSPS) is 21.1. The highest BCUT2D eigenvalue weighted by Crippen LogP contribution is 2.08. The maximum Gasteiger partial charge on any atom is 0.248 e. The molecule has 0 radical (unpaired) electrons. The molecule has 1 rings (SSSR count). The molecule has 1 aliphatic heterocycles. The monoisotopic (exact) mass is 230 g/mol. The number of rotatable bonds is 6. The van der Waals surface area contributed by atoms with E-state index in [1.807, 2.05) is 6.92 Å². The van der Waals surface area contributed by atoms with Gasteiger partial charge in [0.1, 0.15) is 6.61 Å². The second-order valence-electron chi connectivity index (χ2n) is 3.99. The lowest BCUT2D eigenvalue weighted by molar-refractivity contribution is -0.137. The molecule has 0 aromatic carbocycles. The standard InChI is InChI=1S/C11H22N2O3/c1-2-15-6-7-16-9-11(14)13-5-3-4-10(12)8-13/h10H,2-9,12H2,1H3. The summed E-state index contributed by atoms with van der Waals surface area (Å²) in [4.78, 5) is 13.5. The number of likely N-dealkylation sites (tertiary alicyclic amines) is 1. The minimum atomic E-state index is 0.0339. The summed E-state index contributed by atoms with van der Waals surface area (Å²) in [5.41, 5.74) is 5.80. The largest absolute Gasteiger partial charge is 0.379 e. The lowest BCUT2D eigenvalue weighted by Gasteiger charge is -2.30. The van der Waals surface area contributed by atoms with Crippen LogP contribution in [0.2, 0.25) is 0 Å². The van der Waals surface area contributed by atoms with Crippen LogP contribution in [-0.2, 0) is 14.3 Å². The van der Waals surface area contributed by atoms with Crippen LogP contribution in [0.3, 0.4) is 0 Å². The van der Waals surface area contributed by atoms with Crippen LogP contribution in [0.5, 0.6) is 0 Å². The highest BCUT2D eigenvalue weighted by Gasteiger charge is 2.20. The molecule has 16 heavy (non-hydrogen) atoms. The third-order valence-corrected chi connectivity index (χ3v) is 2.61. The van der Waals surface area contributed by atoms with Crippen molar-refractivity contribution in [3.8, 4) is 0 Å². The molecule has 0 aromatic heterocycles. The SMILES string of the molecule is CCOCCOCC(=O)N1CCCC(N)C1. The van der Waals surface area contributed by atoms with E-state index in [2.05, 4.69) is 0 Å². The summed E-state index contributed by atoms with van der Waals surface area (Å²) < 4.78 is 10.3. The molecule has 5 nitrogen and oxygen atoms in total.